The van der Waals surface area contributed by atoms with Crippen molar-refractivity contribution in [3.63, 3.8) is 0 Å². The average molecular weight is 209 g/mol. The van der Waals surface area contributed by atoms with Crippen LogP contribution in [0.3, 0.4) is 0 Å². The predicted molar refractivity (Wildman–Crippen MR) is 58.4 cm³/mol. The van der Waals surface area contributed by atoms with E-state index < -0.39 is 5.54 Å². The molecule has 2 unspecified atom stereocenters. The highest BCUT2D eigenvalue weighted by atomic mass is 16.3. The van der Waals surface area contributed by atoms with E-state index in [1.54, 1.807) is 0 Å². The maximum Gasteiger partial charge on any atom is 0.0706 e. The number of hydrogen-bond donors (Lipinski definition) is 2. The molecule has 0 bridgehead atoms. The predicted octanol–water partition coefficient (Wildman–Crippen LogP) is 0.457. The number of aliphatic hydroxyl groups excluding tert-OH is 1. The zero-order chi connectivity index (χ0) is 11.2. The summed E-state index contributed by atoms with van der Waals surface area (Å²) in [6.07, 6.45) is 2.02. The number of aromatic nitrogens is 2. The van der Waals surface area contributed by atoms with Crippen LogP contribution >= 0.6 is 0 Å². The molecule has 4 heteroatoms. The molecule has 84 valence electrons. The van der Waals surface area contributed by atoms with Crippen LogP contribution in [0.2, 0.25) is 0 Å². The number of aryl methyl sites for hydroxylation is 2. The van der Waals surface area contributed by atoms with Crippen molar-refractivity contribution in [1.29, 1.82) is 0 Å². The molecular weight excluding hydrogens is 190 g/mol. The van der Waals surface area contributed by atoms with E-state index in [0.717, 1.165) is 24.1 Å². The third-order valence-corrected chi connectivity index (χ3v) is 3.76. The van der Waals surface area contributed by atoms with E-state index in [1.165, 1.54) is 5.69 Å². The van der Waals surface area contributed by atoms with Crippen LogP contribution in [0.15, 0.2) is 0 Å². The normalized spacial score (nSPS) is 30.3. The molecule has 0 fully saturated rings. The molecule has 1 aromatic heterocycles. The van der Waals surface area contributed by atoms with Crippen LogP contribution in [0.4, 0.5) is 0 Å². The first-order valence-electron chi connectivity index (χ1n) is 5.43. The second-order valence-electron chi connectivity index (χ2n) is 4.67. The Morgan fingerprint density at radius 1 is 1.67 bits per heavy atom. The fourth-order valence-corrected chi connectivity index (χ4v) is 2.69. The van der Waals surface area contributed by atoms with Crippen molar-refractivity contribution < 1.29 is 5.11 Å². The summed E-state index contributed by atoms with van der Waals surface area (Å²) < 4.78 is 1.90. The Kier molecular flexibility index (Phi) is 2.35. The molecular formula is C11H19N3O. The van der Waals surface area contributed by atoms with E-state index >= 15 is 0 Å². The Balaban J connectivity index is 2.62. The van der Waals surface area contributed by atoms with Gasteiger partial charge in [-0.05, 0) is 25.7 Å². The summed E-state index contributed by atoms with van der Waals surface area (Å²) in [4.78, 5) is 0. The lowest BCUT2D eigenvalue weighted by Crippen LogP contribution is -2.49. The van der Waals surface area contributed by atoms with Gasteiger partial charge in [0.15, 0.2) is 0 Å². The third-order valence-electron chi connectivity index (χ3n) is 3.76. The van der Waals surface area contributed by atoms with Gasteiger partial charge in [-0.3, -0.25) is 4.68 Å². The van der Waals surface area contributed by atoms with E-state index in [9.17, 15) is 5.11 Å². The Labute approximate surface area is 90.1 Å². The van der Waals surface area contributed by atoms with Gasteiger partial charge in [0.25, 0.3) is 0 Å². The summed E-state index contributed by atoms with van der Waals surface area (Å²) in [7, 11) is 1.94. The van der Waals surface area contributed by atoms with E-state index in [0.29, 0.717) is 5.92 Å². The molecule has 15 heavy (non-hydrogen) atoms. The highest BCUT2D eigenvalue weighted by molar-refractivity contribution is 5.36. The summed E-state index contributed by atoms with van der Waals surface area (Å²) >= 11 is 0. The van der Waals surface area contributed by atoms with Gasteiger partial charge in [-0.25, -0.2) is 0 Å². The Morgan fingerprint density at radius 2 is 2.33 bits per heavy atom. The first-order chi connectivity index (χ1) is 7.00. The minimum absolute atomic E-state index is 0.00625. The second kappa shape index (κ2) is 3.32. The molecule has 0 aliphatic heterocycles. The lowest BCUT2D eigenvalue weighted by atomic mass is 9.72. The van der Waals surface area contributed by atoms with E-state index in [2.05, 4.69) is 12.0 Å². The Morgan fingerprint density at radius 3 is 2.93 bits per heavy atom. The van der Waals surface area contributed by atoms with Gasteiger partial charge >= 0.3 is 0 Å². The van der Waals surface area contributed by atoms with Crippen molar-refractivity contribution in [2.75, 3.05) is 6.61 Å². The largest absolute Gasteiger partial charge is 0.394 e. The molecule has 1 aliphatic rings. The molecule has 0 aromatic carbocycles. The molecule has 3 N–H and O–H groups in total. The average Bonchev–Trinajstić information content (AvgIpc) is 2.49. The zero-order valence-corrected chi connectivity index (χ0v) is 9.62. The first-order valence-corrected chi connectivity index (χ1v) is 5.43. The fourth-order valence-electron chi connectivity index (χ4n) is 2.69. The summed E-state index contributed by atoms with van der Waals surface area (Å²) in [5.74, 6) is 0.304. The van der Waals surface area contributed by atoms with Crippen LogP contribution in [0.25, 0.3) is 0 Å². The minimum Gasteiger partial charge on any atom is -0.394 e. The first kappa shape index (κ1) is 10.6. The molecule has 0 saturated heterocycles. The summed E-state index contributed by atoms with van der Waals surface area (Å²) in [5.41, 5.74) is 8.92. The van der Waals surface area contributed by atoms with Crippen molar-refractivity contribution in [1.82, 2.24) is 9.78 Å². The molecule has 4 nitrogen and oxygen atoms in total. The molecule has 2 atom stereocenters. The molecule has 2 rings (SSSR count). The topological polar surface area (TPSA) is 64.1 Å². The van der Waals surface area contributed by atoms with Crippen molar-refractivity contribution in [2.45, 2.75) is 32.2 Å². The maximum absolute atomic E-state index is 9.54. The molecule has 0 spiro atoms. The fraction of sp³-hybridized carbons (Fsp3) is 0.727. The number of rotatable bonds is 1. The number of aliphatic hydroxyl groups is 1. The minimum atomic E-state index is -0.605. The Bertz CT molecular complexity index is 385. The maximum atomic E-state index is 9.54. The van der Waals surface area contributed by atoms with Gasteiger partial charge in [0.2, 0.25) is 0 Å². The molecule has 0 amide bonds. The summed E-state index contributed by atoms with van der Waals surface area (Å²) in [6, 6.07) is 0. The molecule has 0 saturated carbocycles. The SMILES string of the molecule is Cc1nn(C)c2c1C(N)(CO)C(C)CC2. The van der Waals surface area contributed by atoms with E-state index in [-0.39, 0.29) is 6.61 Å². The third kappa shape index (κ3) is 1.32. The highest BCUT2D eigenvalue weighted by Gasteiger charge is 2.41. The van der Waals surface area contributed by atoms with E-state index in [4.69, 9.17) is 5.73 Å². The number of nitrogens with zero attached hydrogens (tertiary/aromatic N) is 2. The lowest BCUT2D eigenvalue weighted by Gasteiger charge is -2.38. The van der Waals surface area contributed by atoms with E-state index in [1.807, 2.05) is 18.7 Å². The summed E-state index contributed by atoms with van der Waals surface area (Å²) in [6.45, 7) is 4.06. The van der Waals surface area contributed by atoms with Gasteiger partial charge in [0, 0.05) is 18.3 Å². The molecule has 1 heterocycles. The van der Waals surface area contributed by atoms with Crippen LogP contribution in [0.5, 0.6) is 0 Å². The molecule has 1 aliphatic carbocycles. The van der Waals surface area contributed by atoms with Crippen molar-refractivity contribution in [3.05, 3.63) is 17.0 Å². The van der Waals surface area contributed by atoms with Crippen LogP contribution in [0, 0.1) is 12.8 Å². The Hall–Kier alpha value is -0.870. The van der Waals surface area contributed by atoms with Gasteiger partial charge in [-0.1, -0.05) is 6.92 Å². The van der Waals surface area contributed by atoms with Crippen LogP contribution < -0.4 is 5.73 Å². The lowest BCUT2D eigenvalue weighted by molar-refractivity contribution is 0.132. The van der Waals surface area contributed by atoms with Crippen LogP contribution in [0.1, 0.15) is 30.3 Å². The standard InChI is InChI=1S/C11H19N3O/c1-7-4-5-9-10(11(7,12)6-15)8(2)13-14(9)3/h7,15H,4-6,12H2,1-3H3. The number of fused-ring (bicyclic) bond motifs is 1. The van der Waals surface area contributed by atoms with Gasteiger partial charge < -0.3 is 10.8 Å². The molecule has 0 radical (unpaired) electrons. The summed E-state index contributed by atoms with van der Waals surface area (Å²) in [5, 5.41) is 13.9. The monoisotopic (exact) mass is 209 g/mol. The molecule has 1 aromatic rings. The van der Waals surface area contributed by atoms with Crippen molar-refractivity contribution >= 4 is 0 Å². The van der Waals surface area contributed by atoms with Gasteiger partial charge in [0.05, 0.1) is 17.8 Å². The second-order valence-corrected chi connectivity index (χ2v) is 4.67. The quantitative estimate of drug-likeness (QED) is 0.706. The van der Waals surface area contributed by atoms with Gasteiger partial charge in [-0.2, -0.15) is 5.10 Å². The van der Waals surface area contributed by atoms with Crippen LogP contribution in [-0.2, 0) is 19.0 Å². The number of nitrogens with two attached hydrogens (primary N) is 1. The van der Waals surface area contributed by atoms with Crippen molar-refractivity contribution in [3.8, 4) is 0 Å². The highest BCUT2D eigenvalue weighted by Crippen LogP contribution is 2.38. The van der Waals surface area contributed by atoms with Crippen LogP contribution in [-0.4, -0.2) is 21.5 Å². The smallest absolute Gasteiger partial charge is 0.0706 e. The van der Waals surface area contributed by atoms with Crippen molar-refractivity contribution in [2.24, 2.45) is 18.7 Å². The zero-order valence-electron chi connectivity index (χ0n) is 9.62. The number of hydrogen-bond acceptors (Lipinski definition) is 3. The van der Waals surface area contributed by atoms with Gasteiger partial charge in [0.1, 0.15) is 0 Å². The van der Waals surface area contributed by atoms with Gasteiger partial charge in [-0.15, -0.1) is 0 Å².